The van der Waals surface area contributed by atoms with Crippen LogP contribution in [0.2, 0.25) is 5.02 Å². The Morgan fingerprint density at radius 3 is 2.30 bits per heavy atom. The summed E-state index contributed by atoms with van der Waals surface area (Å²) in [5, 5.41) is 0.635. The van der Waals surface area contributed by atoms with Gasteiger partial charge in [0.15, 0.2) is 0 Å². The van der Waals surface area contributed by atoms with Crippen molar-refractivity contribution in [2.45, 2.75) is 5.92 Å². The largest absolute Gasteiger partial charge is 0.497 e. The van der Waals surface area contributed by atoms with Crippen molar-refractivity contribution in [3.8, 4) is 11.5 Å². The molecule has 0 bridgehead atoms. The number of carbonyl (C=O) groups is 1. The van der Waals surface area contributed by atoms with E-state index in [9.17, 15) is 4.79 Å². The minimum atomic E-state index is -0.419. The number of hydrogen-bond acceptors (Lipinski definition) is 3. The molecular formula is C16H15ClO3. The highest BCUT2D eigenvalue weighted by molar-refractivity contribution is 6.30. The van der Waals surface area contributed by atoms with Crippen LogP contribution in [0.15, 0.2) is 42.5 Å². The fourth-order valence-corrected chi connectivity index (χ4v) is 2.21. The molecule has 0 radical (unpaired) electrons. The van der Waals surface area contributed by atoms with E-state index in [1.807, 2.05) is 18.2 Å². The molecule has 0 amide bonds. The Kier molecular flexibility index (Phi) is 4.64. The first-order valence-corrected chi connectivity index (χ1v) is 6.50. The predicted molar refractivity (Wildman–Crippen MR) is 78.9 cm³/mol. The molecule has 3 nitrogen and oxygen atoms in total. The van der Waals surface area contributed by atoms with Gasteiger partial charge in [0, 0.05) is 10.6 Å². The zero-order valence-corrected chi connectivity index (χ0v) is 12.1. The maximum atomic E-state index is 11.5. The highest BCUT2D eigenvalue weighted by Gasteiger charge is 2.18. The molecule has 0 aliphatic rings. The summed E-state index contributed by atoms with van der Waals surface area (Å²) in [5.74, 6) is 0.914. The van der Waals surface area contributed by atoms with E-state index in [0.717, 1.165) is 17.4 Å². The van der Waals surface area contributed by atoms with E-state index in [0.29, 0.717) is 16.5 Å². The molecule has 1 unspecified atom stereocenters. The second-order valence-corrected chi connectivity index (χ2v) is 4.71. The van der Waals surface area contributed by atoms with E-state index in [-0.39, 0.29) is 0 Å². The van der Waals surface area contributed by atoms with Crippen LogP contribution in [0.1, 0.15) is 17.0 Å². The van der Waals surface area contributed by atoms with Gasteiger partial charge >= 0.3 is 0 Å². The maximum absolute atomic E-state index is 11.5. The molecule has 2 aromatic carbocycles. The monoisotopic (exact) mass is 290 g/mol. The summed E-state index contributed by atoms with van der Waals surface area (Å²) in [6.45, 7) is 0. The molecule has 0 fully saturated rings. The van der Waals surface area contributed by atoms with Crippen molar-refractivity contribution in [2.75, 3.05) is 14.2 Å². The van der Waals surface area contributed by atoms with Crippen LogP contribution in [0.5, 0.6) is 11.5 Å². The molecule has 1 atom stereocenters. The first-order chi connectivity index (χ1) is 9.69. The Labute approximate surface area is 123 Å². The second kappa shape index (κ2) is 6.44. The lowest BCUT2D eigenvalue weighted by Gasteiger charge is -2.16. The van der Waals surface area contributed by atoms with Gasteiger partial charge in [-0.1, -0.05) is 23.7 Å². The van der Waals surface area contributed by atoms with E-state index in [2.05, 4.69) is 0 Å². The van der Waals surface area contributed by atoms with Crippen molar-refractivity contribution in [2.24, 2.45) is 0 Å². The van der Waals surface area contributed by atoms with Crippen LogP contribution in [0.4, 0.5) is 0 Å². The van der Waals surface area contributed by atoms with Gasteiger partial charge in [0.05, 0.1) is 20.1 Å². The van der Waals surface area contributed by atoms with Crippen molar-refractivity contribution in [1.82, 2.24) is 0 Å². The zero-order chi connectivity index (χ0) is 14.5. The molecule has 2 aromatic rings. The molecule has 0 N–H and O–H groups in total. The van der Waals surface area contributed by atoms with Crippen LogP contribution in [0.25, 0.3) is 0 Å². The molecule has 0 saturated heterocycles. The summed E-state index contributed by atoms with van der Waals surface area (Å²) >= 11 is 5.88. The molecule has 0 saturated carbocycles. The van der Waals surface area contributed by atoms with Crippen LogP contribution >= 0.6 is 11.6 Å². The Morgan fingerprint density at radius 2 is 1.75 bits per heavy atom. The number of halogens is 1. The third-order valence-electron chi connectivity index (χ3n) is 3.14. The van der Waals surface area contributed by atoms with Crippen molar-refractivity contribution in [3.63, 3.8) is 0 Å². The standard InChI is InChI=1S/C16H15ClO3/c1-19-13-7-8-16(20-2)14(9-13)15(10-18)11-3-5-12(17)6-4-11/h3-10,15H,1-2H3. The molecule has 0 aromatic heterocycles. The Balaban J connectivity index is 2.50. The molecule has 0 aliphatic heterocycles. The van der Waals surface area contributed by atoms with E-state index in [1.54, 1.807) is 38.5 Å². The van der Waals surface area contributed by atoms with Crippen LogP contribution < -0.4 is 9.47 Å². The lowest BCUT2D eigenvalue weighted by Crippen LogP contribution is -2.05. The van der Waals surface area contributed by atoms with Crippen molar-refractivity contribution in [3.05, 3.63) is 58.6 Å². The van der Waals surface area contributed by atoms with Gasteiger partial charge in [-0.15, -0.1) is 0 Å². The van der Waals surface area contributed by atoms with Crippen molar-refractivity contribution >= 4 is 17.9 Å². The summed E-state index contributed by atoms with van der Waals surface area (Å²) in [7, 11) is 3.17. The Morgan fingerprint density at radius 1 is 1.05 bits per heavy atom. The molecule has 0 spiro atoms. The molecule has 104 valence electrons. The average Bonchev–Trinajstić information content (AvgIpc) is 2.49. The third-order valence-corrected chi connectivity index (χ3v) is 3.39. The van der Waals surface area contributed by atoms with Crippen LogP contribution in [0, 0.1) is 0 Å². The summed E-state index contributed by atoms with van der Waals surface area (Å²) in [6.07, 6.45) is 0.889. The lowest BCUT2D eigenvalue weighted by molar-refractivity contribution is -0.108. The Bertz CT molecular complexity index is 593. The maximum Gasteiger partial charge on any atom is 0.131 e. The molecule has 20 heavy (non-hydrogen) atoms. The number of benzene rings is 2. The van der Waals surface area contributed by atoms with E-state index in [4.69, 9.17) is 21.1 Å². The Hall–Kier alpha value is -2.00. The van der Waals surface area contributed by atoms with Crippen LogP contribution in [0.3, 0.4) is 0 Å². The lowest BCUT2D eigenvalue weighted by atomic mass is 9.92. The van der Waals surface area contributed by atoms with Gasteiger partial charge in [0.1, 0.15) is 17.8 Å². The van der Waals surface area contributed by atoms with E-state index >= 15 is 0 Å². The number of methoxy groups -OCH3 is 2. The van der Waals surface area contributed by atoms with Gasteiger partial charge in [0.25, 0.3) is 0 Å². The second-order valence-electron chi connectivity index (χ2n) is 4.27. The molecule has 0 aliphatic carbocycles. The smallest absolute Gasteiger partial charge is 0.131 e. The van der Waals surface area contributed by atoms with Crippen LogP contribution in [-0.4, -0.2) is 20.5 Å². The van der Waals surface area contributed by atoms with Crippen LogP contribution in [-0.2, 0) is 4.79 Å². The quantitative estimate of drug-likeness (QED) is 0.788. The van der Waals surface area contributed by atoms with E-state index in [1.165, 1.54) is 0 Å². The fourth-order valence-electron chi connectivity index (χ4n) is 2.08. The fraction of sp³-hybridized carbons (Fsp3) is 0.188. The first kappa shape index (κ1) is 14.4. The van der Waals surface area contributed by atoms with Gasteiger partial charge in [-0.05, 0) is 35.9 Å². The first-order valence-electron chi connectivity index (χ1n) is 6.12. The highest BCUT2D eigenvalue weighted by Crippen LogP contribution is 2.33. The van der Waals surface area contributed by atoms with Gasteiger partial charge < -0.3 is 14.3 Å². The predicted octanol–water partition coefficient (Wildman–Crippen LogP) is 3.69. The SMILES string of the molecule is COc1ccc(OC)c(C(C=O)c2ccc(Cl)cc2)c1. The molecule has 0 heterocycles. The van der Waals surface area contributed by atoms with Gasteiger partial charge in [0.2, 0.25) is 0 Å². The average molecular weight is 291 g/mol. The number of ether oxygens (including phenoxy) is 2. The minimum absolute atomic E-state index is 0.419. The summed E-state index contributed by atoms with van der Waals surface area (Å²) < 4.78 is 10.5. The molecule has 4 heteroatoms. The minimum Gasteiger partial charge on any atom is -0.497 e. The zero-order valence-electron chi connectivity index (χ0n) is 11.3. The number of rotatable bonds is 5. The van der Waals surface area contributed by atoms with Gasteiger partial charge in [-0.2, -0.15) is 0 Å². The summed E-state index contributed by atoms with van der Waals surface area (Å²) in [6, 6.07) is 12.6. The van der Waals surface area contributed by atoms with Crippen molar-refractivity contribution in [1.29, 1.82) is 0 Å². The normalized spacial score (nSPS) is 11.8. The van der Waals surface area contributed by atoms with Crippen molar-refractivity contribution < 1.29 is 14.3 Å². The number of carbonyl (C=O) groups excluding carboxylic acids is 1. The van der Waals surface area contributed by atoms with Gasteiger partial charge in [-0.3, -0.25) is 0 Å². The highest BCUT2D eigenvalue weighted by atomic mass is 35.5. The molecular weight excluding hydrogens is 276 g/mol. The molecule has 2 rings (SSSR count). The number of aldehydes is 1. The summed E-state index contributed by atoms with van der Waals surface area (Å²) in [5.41, 5.74) is 1.63. The topological polar surface area (TPSA) is 35.5 Å². The van der Waals surface area contributed by atoms with E-state index < -0.39 is 5.92 Å². The van der Waals surface area contributed by atoms with Gasteiger partial charge in [-0.25, -0.2) is 0 Å². The third kappa shape index (κ3) is 2.94. The summed E-state index contributed by atoms with van der Waals surface area (Å²) in [4.78, 5) is 11.5. The number of hydrogen-bond donors (Lipinski definition) is 0.